The smallest absolute Gasteiger partial charge is 0.335 e. The monoisotopic (exact) mass is 331 g/mol. The van der Waals surface area contributed by atoms with Crippen molar-refractivity contribution < 1.29 is 23.4 Å². The molecule has 0 saturated carbocycles. The fourth-order valence-corrected chi connectivity index (χ4v) is 3.54. The van der Waals surface area contributed by atoms with E-state index in [0.29, 0.717) is 29.6 Å². The van der Waals surface area contributed by atoms with Crippen molar-refractivity contribution in [2.75, 3.05) is 13.2 Å². The Bertz CT molecular complexity index is 958. The number of carboxylic acid groups (broad SMARTS) is 1. The molecule has 0 radical (unpaired) electrons. The number of fused-ring (bicyclic) bond motifs is 3. The average molecular weight is 331 g/mol. The molecule has 0 atom stereocenters. The minimum atomic E-state index is -1.05. The van der Waals surface area contributed by atoms with E-state index in [1.807, 2.05) is 4.57 Å². The topological polar surface area (TPSA) is 51.5 Å². The van der Waals surface area contributed by atoms with E-state index in [0.717, 1.165) is 18.9 Å². The molecular weight excluding hydrogens is 316 g/mol. The molecule has 24 heavy (non-hydrogen) atoms. The summed E-state index contributed by atoms with van der Waals surface area (Å²) < 4.78 is 35.5. The van der Waals surface area contributed by atoms with E-state index in [1.165, 1.54) is 12.1 Å². The van der Waals surface area contributed by atoms with Crippen molar-refractivity contribution in [2.45, 2.75) is 18.9 Å². The third kappa shape index (κ3) is 2.17. The van der Waals surface area contributed by atoms with E-state index in [4.69, 9.17) is 4.74 Å². The van der Waals surface area contributed by atoms with Gasteiger partial charge in [-0.05, 0) is 37.1 Å². The van der Waals surface area contributed by atoms with Crippen molar-refractivity contribution in [2.24, 2.45) is 0 Å². The quantitative estimate of drug-likeness (QED) is 0.768. The minimum Gasteiger partial charge on any atom is -0.478 e. The zero-order valence-electron chi connectivity index (χ0n) is 12.8. The molecule has 0 aliphatic carbocycles. The summed E-state index contributed by atoms with van der Waals surface area (Å²) in [6.07, 6.45) is 1.49. The summed E-state index contributed by atoms with van der Waals surface area (Å²) in [5.41, 5.74) is 1.32. The van der Waals surface area contributed by atoms with Crippen LogP contribution in [0.15, 0.2) is 30.3 Å². The van der Waals surface area contributed by atoms with E-state index < -0.39 is 17.6 Å². The second kappa shape index (κ2) is 5.56. The Morgan fingerprint density at radius 1 is 1.12 bits per heavy atom. The second-order valence-electron chi connectivity index (χ2n) is 6.01. The molecule has 1 aliphatic rings. The summed E-state index contributed by atoms with van der Waals surface area (Å²) in [6.45, 7) is 1.18. The summed E-state index contributed by atoms with van der Waals surface area (Å²) in [5.74, 6) is -2.85. The number of ether oxygens (including phenoxy) is 1. The van der Waals surface area contributed by atoms with Crippen LogP contribution in [0.2, 0.25) is 0 Å². The highest BCUT2D eigenvalue weighted by Crippen LogP contribution is 2.37. The number of carbonyl (C=O) groups is 1. The molecule has 1 aliphatic heterocycles. The first kappa shape index (κ1) is 15.1. The molecule has 1 saturated heterocycles. The van der Waals surface area contributed by atoms with Crippen molar-refractivity contribution in [3.8, 4) is 0 Å². The predicted octanol–water partition coefficient (Wildman–Crippen LogP) is 4.12. The molecule has 124 valence electrons. The fourth-order valence-electron chi connectivity index (χ4n) is 3.54. The van der Waals surface area contributed by atoms with Gasteiger partial charge in [0.1, 0.15) is 0 Å². The highest BCUT2D eigenvalue weighted by Gasteiger charge is 2.24. The van der Waals surface area contributed by atoms with Crippen LogP contribution in [-0.2, 0) is 4.74 Å². The lowest BCUT2D eigenvalue weighted by Crippen LogP contribution is -2.19. The molecule has 3 aromatic rings. The van der Waals surface area contributed by atoms with E-state index in [-0.39, 0.29) is 17.0 Å². The number of benzene rings is 2. The van der Waals surface area contributed by atoms with E-state index in [2.05, 4.69) is 0 Å². The number of hydrogen-bond acceptors (Lipinski definition) is 2. The zero-order valence-corrected chi connectivity index (χ0v) is 12.8. The molecule has 1 N–H and O–H groups in total. The molecule has 0 amide bonds. The Balaban J connectivity index is 2.10. The third-order valence-corrected chi connectivity index (χ3v) is 4.66. The minimum absolute atomic E-state index is 0.0626. The average Bonchev–Trinajstić information content (AvgIpc) is 2.93. The van der Waals surface area contributed by atoms with Crippen molar-refractivity contribution in [3.05, 3.63) is 47.5 Å². The fraction of sp³-hybridized carbons (Fsp3) is 0.278. The first-order valence-corrected chi connectivity index (χ1v) is 7.80. The van der Waals surface area contributed by atoms with Crippen molar-refractivity contribution in [1.82, 2.24) is 4.57 Å². The molecule has 2 heterocycles. The van der Waals surface area contributed by atoms with Crippen LogP contribution in [0.3, 0.4) is 0 Å². The molecule has 0 bridgehead atoms. The Kier molecular flexibility index (Phi) is 3.49. The van der Waals surface area contributed by atoms with Gasteiger partial charge in [0.15, 0.2) is 11.6 Å². The van der Waals surface area contributed by atoms with Gasteiger partial charge < -0.3 is 14.4 Å². The molecule has 1 aromatic heterocycles. The van der Waals surface area contributed by atoms with Crippen molar-refractivity contribution in [3.63, 3.8) is 0 Å². The van der Waals surface area contributed by atoms with Crippen LogP contribution in [0.4, 0.5) is 8.78 Å². The Morgan fingerprint density at radius 3 is 2.58 bits per heavy atom. The van der Waals surface area contributed by atoms with Crippen LogP contribution in [0.25, 0.3) is 21.8 Å². The Morgan fingerprint density at radius 2 is 1.88 bits per heavy atom. The van der Waals surface area contributed by atoms with Gasteiger partial charge in [-0.2, -0.15) is 0 Å². The molecule has 2 aromatic carbocycles. The number of halogens is 2. The SMILES string of the molecule is O=C(O)c1ccc2c3c(F)c(F)ccc3n(C3CCOCC3)c2c1. The van der Waals surface area contributed by atoms with Gasteiger partial charge >= 0.3 is 5.97 Å². The number of aromatic nitrogens is 1. The zero-order chi connectivity index (χ0) is 16.8. The van der Waals surface area contributed by atoms with Gasteiger partial charge in [0.05, 0.1) is 16.6 Å². The summed E-state index contributed by atoms with van der Waals surface area (Å²) in [5, 5.41) is 9.98. The number of aromatic carboxylic acids is 1. The molecule has 4 nitrogen and oxygen atoms in total. The number of nitrogens with zero attached hydrogens (tertiary/aromatic N) is 1. The van der Waals surface area contributed by atoms with Crippen LogP contribution >= 0.6 is 0 Å². The van der Waals surface area contributed by atoms with Crippen molar-refractivity contribution in [1.29, 1.82) is 0 Å². The molecular formula is C18H15F2NO3. The summed E-state index contributed by atoms with van der Waals surface area (Å²) in [4.78, 5) is 11.3. The summed E-state index contributed by atoms with van der Waals surface area (Å²) in [7, 11) is 0. The first-order chi connectivity index (χ1) is 11.6. The molecule has 4 rings (SSSR count). The van der Waals surface area contributed by atoms with E-state index in [9.17, 15) is 18.7 Å². The normalized spacial score (nSPS) is 16.1. The van der Waals surface area contributed by atoms with Crippen LogP contribution in [0.1, 0.15) is 29.2 Å². The van der Waals surface area contributed by atoms with Gasteiger partial charge in [-0.25, -0.2) is 13.6 Å². The lowest BCUT2D eigenvalue weighted by atomic mass is 10.1. The maximum Gasteiger partial charge on any atom is 0.335 e. The van der Waals surface area contributed by atoms with Gasteiger partial charge in [-0.15, -0.1) is 0 Å². The summed E-state index contributed by atoms with van der Waals surface area (Å²) >= 11 is 0. The largest absolute Gasteiger partial charge is 0.478 e. The Hall–Kier alpha value is -2.47. The van der Waals surface area contributed by atoms with Gasteiger partial charge in [-0.3, -0.25) is 0 Å². The molecule has 6 heteroatoms. The molecule has 0 spiro atoms. The molecule has 0 unspecified atom stereocenters. The maximum atomic E-state index is 14.4. The highest BCUT2D eigenvalue weighted by atomic mass is 19.2. The first-order valence-electron chi connectivity index (χ1n) is 7.80. The number of hydrogen-bond donors (Lipinski definition) is 1. The van der Waals surface area contributed by atoms with Gasteiger partial charge in [-0.1, -0.05) is 6.07 Å². The van der Waals surface area contributed by atoms with Crippen LogP contribution in [0.5, 0.6) is 0 Å². The van der Waals surface area contributed by atoms with Crippen LogP contribution in [-0.4, -0.2) is 28.9 Å². The predicted molar refractivity (Wildman–Crippen MR) is 85.4 cm³/mol. The standard InChI is InChI=1S/C18H15F2NO3/c19-13-3-4-14-16(17(13)20)12-2-1-10(18(22)23)9-15(12)21(14)11-5-7-24-8-6-11/h1-4,9,11H,5-8H2,(H,22,23). The van der Waals surface area contributed by atoms with Gasteiger partial charge in [0, 0.05) is 30.0 Å². The maximum absolute atomic E-state index is 14.4. The molecule has 1 fully saturated rings. The highest BCUT2D eigenvalue weighted by molar-refractivity contribution is 6.10. The van der Waals surface area contributed by atoms with Gasteiger partial charge in [0.25, 0.3) is 0 Å². The van der Waals surface area contributed by atoms with Gasteiger partial charge in [0.2, 0.25) is 0 Å². The van der Waals surface area contributed by atoms with E-state index in [1.54, 1.807) is 12.1 Å². The third-order valence-electron chi connectivity index (χ3n) is 4.66. The Labute approximate surface area is 136 Å². The lowest BCUT2D eigenvalue weighted by molar-refractivity contribution is 0.0694. The van der Waals surface area contributed by atoms with Crippen LogP contribution < -0.4 is 0 Å². The van der Waals surface area contributed by atoms with E-state index >= 15 is 0 Å². The second-order valence-corrected chi connectivity index (χ2v) is 6.01. The number of carboxylic acids is 1. The van der Waals surface area contributed by atoms with Crippen LogP contribution in [0, 0.1) is 11.6 Å². The van der Waals surface area contributed by atoms with Crippen molar-refractivity contribution >= 4 is 27.8 Å². The summed E-state index contributed by atoms with van der Waals surface area (Å²) in [6, 6.07) is 7.24. The lowest BCUT2D eigenvalue weighted by Gasteiger charge is -2.25. The number of rotatable bonds is 2.